The smallest absolute Gasteiger partial charge is 0.263 e. The zero-order valence-electron chi connectivity index (χ0n) is 16.1. The molecular weight excluding hydrogens is 374 g/mol. The van der Waals surface area contributed by atoms with E-state index in [1.807, 2.05) is 66.7 Å². The second-order valence-electron chi connectivity index (χ2n) is 7.12. The van der Waals surface area contributed by atoms with Crippen LogP contribution in [-0.2, 0) is 6.54 Å². The highest BCUT2D eigenvalue weighted by atomic mass is 16.3. The number of phenolic OH excluding ortho intramolecular Hbond substituents is 1. The second kappa shape index (κ2) is 7.37. The molecule has 0 unspecified atom stereocenters. The number of benzene rings is 3. The molecule has 0 atom stereocenters. The van der Waals surface area contributed by atoms with Crippen molar-refractivity contribution >= 4 is 22.1 Å². The molecule has 2 heterocycles. The number of nitrogens with zero attached hydrogens (tertiary/aromatic N) is 2. The number of para-hydroxylation sites is 1. The number of pyridine rings is 1. The zero-order valence-corrected chi connectivity index (χ0v) is 16.1. The van der Waals surface area contributed by atoms with Gasteiger partial charge in [-0.3, -0.25) is 9.20 Å². The molecule has 5 nitrogen and oxygen atoms in total. The van der Waals surface area contributed by atoms with Gasteiger partial charge in [-0.15, -0.1) is 0 Å². The van der Waals surface area contributed by atoms with Crippen LogP contribution >= 0.6 is 0 Å². The summed E-state index contributed by atoms with van der Waals surface area (Å²) in [5, 5.41) is 15.2. The minimum Gasteiger partial charge on any atom is -0.507 e. The normalized spacial score (nSPS) is 11.1. The van der Waals surface area contributed by atoms with Gasteiger partial charge < -0.3 is 10.4 Å². The molecule has 0 fully saturated rings. The van der Waals surface area contributed by atoms with Crippen molar-refractivity contribution in [3.05, 3.63) is 107 Å². The van der Waals surface area contributed by atoms with E-state index in [4.69, 9.17) is 4.98 Å². The van der Waals surface area contributed by atoms with Gasteiger partial charge in [0.15, 0.2) is 5.82 Å². The van der Waals surface area contributed by atoms with Gasteiger partial charge in [0.1, 0.15) is 5.75 Å². The molecule has 0 radical (unpaired) electrons. The predicted molar refractivity (Wildman–Crippen MR) is 120 cm³/mol. The largest absolute Gasteiger partial charge is 0.507 e. The summed E-state index contributed by atoms with van der Waals surface area (Å²) < 4.78 is 1.60. The van der Waals surface area contributed by atoms with Crippen LogP contribution in [0.4, 0.5) is 5.82 Å². The Kier molecular flexibility index (Phi) is 4.41. The number of hydrogen-bond acceptors (Lipinski definition) is 4. The first-order valence-electron chi connectivity index (χ1n) is 9.72. The monoisotopic (exact) mass is 393 g/mol. The van der Waals surface area contributed by atoms with Gasteiger partial charge in [-0.05, 0) is 35.2 Å². The SMILES string of the molecule is O=c1c2ccccc2cc2c(NCc3ccccc3)nc(-c3ccccc3O)cn12. The molecule has 146 valence electrons. The summed E-state index contributed by atoms with van der Waals surface area (Å²) in [7, 11) is 0. The van der Waals surface area contributed by atoms with Gasteiger partial charge in [0.25, 0.3) is 5.56 Å². The summed E-state index contributed by atoms with van der Waals surface area (Å²) in [6, 6.07) is 26.5. The zero-order chi connectivity index (χ0) is 20.5. The van der Waals surface area contributed by atoms with Crippen LogP contribution in [0.5, 0.6) is 5.75 Å². The van der Waals surface area contributed by atoms with Crippen LogP contribution < -0.4 is 10.9 Å². The molecule has 0 amide bonds. The van der Waals surface area contributed by atoms with E-state index in [0.717, 1.165) is 10.9 Å². The molecule has 2 N–H and O–H groups in total. The Bertz CT molecular complexity index is 1430. The topological polar surface area (TPSA) is 66.6 Å². The van der Waals surface area contributed by atoms with Crippen LogP contribution in [0, 0.1) is 0 Å². The molecule has 0 aliphatic heterocycles. The van der Waals surface area contributed by atoms with E-state index in [9.17, 15) is 9.90 Å². The Morgan fingerprint density at radius 1 is 0.900 bits per heavy atom. The third kappa shape index (κ3) is 3.16. The van der Waals surface area contributed by atoms with Crippen LogP contribution in [0.25, 0.3) is 27.5 Å². The summed E-state index contributed by atoms with van der Waals surface area (Å²) in [4.78, 5) is 18.0. The fraction of sp³-hybridized carbons (Fsp3) is 0.0400. The second-order valence-corrected chi connectivity index (χ2v) is 7.12. The van der Waals surface area contributed by atoms with Crippen molar-refractivity contribution in [1.82, 2.24) is 9.38 Å². The fourth-order valence-corrected chi connectivity index (χ4v) is 3.64. The van der Waals surface area contributed by atoms with E-state index in [1.165, 1.54) is 0 Å². The molecule has 0 bridgehead atoms. The molecule has 0 saturated carbocycles. The summed E-state index contributed by atoms with van der Waals surface area (Å²) in [5.74, 6) is 0.703. The van der Waals surface area contributed by atoms with Gasteiger partial charge in [-0.1, -0.05) is 60.7 Å². The highest BCUT2D eigenvalue weighted by Crippen LogP contribution is 2.30. The maximum atomic E-state index is 13.2. The average Bonchev–Trinajstić information content (AvgIpc) is 2.79. The molecule has 30 heavy (non-hydrogen) atoms. The standard InChI is InChI=1S/C25H19N3O2/c29-23-13-7-6-12-20(23)21-16-28-22(14-18-10-4-5-11-19(18)25(28)30)24(27-21)26-15-17-8-2-1-3-9-17/h1-14,16,29H,15H2,(H,26,27). The summed E-state index contributed by atoms with van der Waals surface area (Å²) in [6.07, 6.45) is 1.69. The number of anilines is 1. The van der Waals surface area contributed by atoms with Crippen molar-refractivity contribution in [2.45, 2.75) is 6.54 Å². The van der Waals surface area contributed by atoms with Crippen molar-refractivity contribution in [3.8, 4) is 17.0 Å². The van der Waals surface area contributed by atoms with E-state index >= 15 is 0 Å². The Morgan fingerprint density at radius 3 is 2.47 bits per heavy atom. The van der Waals surface area contributed by atoms with Gasteiger partial charge in [0.2, 0.25) is 0 Å². The van der Waals surface area contributed by atoms with Crippen LogP contribution in [0.2, 0.25) is 0 Å². The quantitative estimate of drug-likeness (QED) is 0.429. The Balaban J connectivity index is 1.74. The minimum atomic E-state index is -0.120. The minimum absolute atomic E-state index is 0.118. The van der Waals surface area contributed by atoms with Crippen LogP contribution in [0.1, 0.15) is 5.56 Å². The van der Waals surface area contributed by atoms with Gasteiger partial charge in [0, 0.05) is 23.7 Å². The first kappa shape index (κ1) is 17.9. The van der Waals surface area contributed by atoms with Crippen molar-refractivity contribution < 1.29 is 5.11 Å². The van der Waals surface area contributed by atoms with Crippen LogP contribution in [0.3, 0.4) is 0 Å². The molecule has 3 aromatic carbocycles. The van der Waals surface area contributed by atoms with Crippen LogP contribution in [-0.4, -0.2) is 14.5 Å². The molecule has 5 aromatic rings. The fourth-order valence-electron chi connectivity index (χ4n) is 3.64. The molecule has 5 heteroatoms. The van der Waals surface area contributed by atoms with Gasteiger partial charge in [-0.2, -0.15) is 0 Å². The molecule has 0 aliphatic rings. The van der Waals surface area contributed by atoms with Crippen molar-refractivity contribution in [2.24, 2.45) is 0 Å². The summed E-state index contributed by atoms with van der Waals surface area (Å²) in [6.45, 7) is 0.564. The predicted octanol–water partition coefficient (Wildman–Crippen LogP) is 4.83. The van der Waals surface area contributed by atoms with E-state index in [2.05, 4.69) is 5.32 Å². The third-order valence-corrected chi connectivity index (χ3v) is 5.17. The van der Waals surface area contributed by atoms with E-state index in [0.29, 0.717) is 34.5 Å². The Hall–Kier alpha value is -4.12. The first-order chi connectivity index (χ1) is 14.7. The molecular formula is C25H19N3O2. The first-order valence-corrected chi connectivity index (χ1v) is 9.72. The Morgan fingerprint density at radius 2 is 1.63 bits per heavy atom. The number of aromatic nitrogens is 2. The lowest BCUT2D eigenvalue weighted by atomic mass is 10.1. The molecule has 2 aromatic heterocycles. The number of phenols is 1. The van der Waals surface area contributed by atoms with Crippen molar-refractivity contribution in [2.75, 3.05) is 5.32 Å². The van der Waals surface area contributed by atoms with Crippen molar-refractivity contribution in [1.29, 1.82) is 0 Å². The maximum absolute atomic E-state index is 13.2. The third-order valence-electron chi connectivity index (χ3n) is 5.17. The van der Waals surface area contributed by atoms with Crippen LogP contribution in [0.15, 0.2) is 95.9 Å². The summed E-state index contributed by atoms with van der Waals surface area (Å²) in [5.41, 5.74) is 2.77. The molecule has 5 rings (SSSR count). The van der Waals surface area contributed by atoms with Crippen molar-refractivity contribution in [3.63, 3.8) is 0 Å². The highest BCUT2D eigenvalue weighted by molar-refractivity contribution is 5.89. The maximum Gasteiger partial charge on any atom is 0.263 e. The van der Waals surface area contributed by atoms with E-state index in [-0.39, 0.29) is 11.3 Å². The number of fused-ring (bicyclic) bond motifs is 2. The van der Waals surface area contributed by atoms with Gasteiger partial charge in [0.05, 0.1) is 11.2 Å². The van der Waals surface area contributed by atoms with E-state index < -0.39 is 0 Å². The van der Waals surface area contributed by atoms with Gasteiger partial charge in [-0.25, -0.2) is 4.98 Å². The highest BCUT2D eigenvalue weighted by Gasteiger charge is 2.13. The average molecular weight is 393 g/mol. The van der Waals surface area contributed by atoms with Gasteiger partial charge >= 0.3 is 0 Å². The lowest BCUT2D eigenvalue weighted by Crippen LogP contribution is -2.16. The number of rotatable bonds is 4. The molecule has 0 spiro atoms. The molecule has 0 aliphatic carbocycles. The number of nitrogens with one attached hydrogen (secondary N) is 1. The lowest BCUT2D eigenvalue weighted by molar-refractivity contribution is 0.477. The molecule has 0 saturated heterocycles. The number of aromatic hydroxyl groups is 1. The lowest BCUT2D eigenvalue weighted by Gasteiger charge is -2.14. The number of hydrogen-bond donors (Lipinski definition) is 2. The van der Waals surface area contributed by atoms with E-state index in [1.54, 1.807) is 28.8 Å². The Labute approximate surface area is 172 Å². The summed E-state index contributed by atoms with van der Waals surface area (Å²) >= 11 is 0.